The van der Waals surface area contributed by atoms with Gasteiger partial charge >= 0.3 is 0 Å². The molecule has 1 rings (SSSR count). The average Bonchev–Trinajstić information content (AvgIpc) is 2.16. The van der Waals surface area contributed by atoms with Crippen molar-refractivity contribution >= 4 is 11.6 Å². The van der Waals surface area contributed by atoms with Gasteiger partial charge in [-0.15, -0.1) is 0 Å². The average molecular weight is 166 g/mol. The molecule has 0 fully saturated rings. The van der Waals surface area contributed by atoms with Crippen molar-refractivity contribution in [3.63, 3.8) is 0 Å². The molecule has 0 spiro atoms. The van der Waals surface area contributed by atoms with E-state index in [-0.39, 0.29) is 17.5 Å². The number of ketones is 2. The highest BCUT2D eigenvalue weighted by Gasteiger charge is 2.46. The summed E-state index contributed by atoms with van der Waals surface area (Å²) in [6.07, 6.45) is 1.46. The van der Waals surface area contributed by atoms with E-state index >= 15 is 0 Å². The van der Waals surface area contributed by atoms with E-state index in [0.29, 0.717) is 5.57 Å². The summed E-state index contributed by atoms with van der Waals surface area (Å²) in [5, 5.41) is 0. The second-order valence-electron chi connectivity index (χ2n) is 3.88. The third-order valence-electron chi connectivity index (χ3n) is 2.84. The Bertz CT molecular complexity index is 274. The molecule has 0 saturated heterocycles. The monoisotopic (exact) mass is 166 g/mol. The summed E-state index contributed by atoms with van der Waals surface area (Å²) in [4.78, 5) is 23.1. The zero-order valence-electron chi connectivity index (χ0n) is 7.97. The van der Waals surface area contributed by atoms with E-state index < -0.39 is 5.41 Å². The van der Waals surface area contributed by atoms with E-state index in [2.05, 4.69) is 0 Å². The Morgan fingerprint density at radius 3 is 2.00 bits per heavy atom. The van der Waals surface area contributed by atoms with E-state index in [1.165, 1.54) is 6.08 Å². The number of carbonyl (C=O) groups excluding carboxylic acids is 2. The van der Waals surface area contributed by atoms with Crippen LogP contribution >= 0.6 is 0 Å². The van der Waals surface area contributed by atoms with E-state index in [1.807, 2.05) is 13.8 Å². The van der Waals surface area contributed by atoms with E-state index in [0.717, 1.165) is 0 Å². The molecule has 0 aromatic rings. The molecule has 0 radical (unpaired) electrons. The minimum atomic E-state index is -0.788. The van der Waals surface area contributed by atoms with Crippen LogP contribution in [0.4, 0.5) is 0 Å². The van der Waals surface area contributed by atoms with Crippen LogP contribution in [0.5, 0.6) is 0 Å². The van der Waals surface area contributed by atoms with Crippen LogP contribution in [0.3, 0.4) is 0 Å². The Hall–Kier alpha value is -0.920. The number of carbonyl (C=O) groups is 2. The van der Waals surface area contributed by atoms with E-state index in [9.17, 15) is 9.59 Å². The van der Waals surface area contributed by atoms with E-state index in [4.69, 9.17) is 0 Å². The third kappa shape index (κ3) is 0.942. The lowest BCUT2D eigenvalue weighted by Crippen LogP contribution is -2.36. The summed E-state index contributed by atoms with van der Waals surface area (Å²) in [6, 6.07) is 0. The molecule has 2 nitrogen and oxygen atoms in total. The van der Waals surface area contributed by atoms with Gasteiger partial charge in [-0.25, -0.2) is 0 Å². The van der Waals surface area contributed by atoms with Gasteiger partial charge in [0.1, 0.15) is 0 Å². The van der Waals surface area contributed by atoms with Crippen LogP contribution in [0, 0.1) is 11.3 Å². The van der Waals surface area contributed by atoms with Crippen molar-refractivity contribution in [1.82, 2.24) is 0 Å². The molecule has 0 amide bonds. The Morgan fingerprint density at radius 2 is 1.83 bits per heavy atom. The molecule has 0 N–H and O–H groups in total. The van der Waals surface area contributed by atoms with Gasteiger partial charge in [0.15, 0.2) is 11.6 Å². The van der Waals surface area contributed by atoms with Gasteiger partial charge in [-0.1, -0.05) is 13.8 Å². The molecule has 1 aliphatic rings. The molecular formula is C10H14O2. The largest absolute Gasteiger partial charge is 0.294 e. The topological polar surface area (TPSA) is 34.1 Å². The molecule has 0 aromatic heterocycles. The zero-order chi connectivity index (χ0) is 9.52. The predicted molar refractivity (Wildman–Crippen MR) is 46.7 cm³/mol. The van der Waals surface area contributed by atoms with Crippen LogP contribution in [-0.2, 0) is 9.59 Å². The second kappa shape index (κ2) is 2.54. The molecule has 0 heterocycles. The lowest BCUT2D eigenvalue weighted by Gasteiger charge is -2.24. The van der Waals surface area contributed by atoms with Crippen molar-refractivity contribution in [3.05, 3.63) is 11.6 Å². The number of rotatable bonds is 1. The minimum Gasteiger partial charge on any atom is -0.294 e. The molecule has 0 unspecified atom stereocenters. The maximum absolute atomic E-state index is 11.6. The SMILES string of the molecule is CC1=CC(=O)[C@@](C)(C(C)C)C1=O. The van der Waals surface area contributed by atoms with Gasteiger partial charge in [0, 0.05) is 0 Å². The Kier molecular flexibility index (Phi) is 1.94. The number of allylic oxidation sites excluding steroid dienone is 2. The minimum absolute atomic E-state index is 0.0116. The van der Waals surface area contributed by atoms with E-state index in [1.54, 1.807) is 13.8 Å². The van der Waals surface area contributed by atoms with Crippen LogP contribution in [0.1, 0.15) is 27.7 Å². The van der Waals surface area contributed by atoms with Gasteiger partial charge in [-0.3, -0.25) is 9.59 Å². The van der Waals surface area contributed by atoms with Crippen LogP contribution < -0.4 is 0 Å². The van der Waals surface area contributed by atoms with Crippen molar-refractivity contribution in [1.29, 1.82) is 0 Å². The fraction of sp³-hybridized carbons (Fsp3) is 0.600. The predicted octanol–water partition coefficient (Wildman–Crippen LogP) is 1.75. The molecular weight excluding hydrogens is 152 g/mol. The molecule has 12 heavy (non-hydrogen) atoms. The van der Waals surface area contributed by atoms with Crippen molar-refractivity contribution in [3.8, 4) is 0 Å². The standard InChI is InChI=1S/C10H14O2/c1-6(2)10(4)8(11)5-7(3)9(10)12/h5-6H,1-4H3/t10-/m1/s1. The smallest absolute Gasteiger partial charge is 0.172 e. The van der Waals surface area contributed by atoms with Gasteiger partial charge in [0.2, 0.25) is 0 Å². The highest BCUT2D eigenvalue weighted by molar-refractivity contribution is 6.24. The lowest BCUT2D eigenvalue weighted by atomic mass is 9.75. The normalized spacial score (nSPS) is 29.9. The fourth-order valence-electron chi connectivity index (χ4n) is 1.48. The van der Waals surface area contributed by atoms with Gasteiger partial charge < -0.3 is 0 Å². The maximum atomic E-state index is 11.6. The van der Waals surface area contributed by atoms with Crippen LogP contribution in [0.2, 0.25) is 0 Å². The Balaban J connectivity index is 3.12. The molecule has 0 aromatic carbocycles. The fourth-order valence-corrected chi connectivity index (χ4v) is 1.48. The Labute approximate surface area is 72.7 Å². The number of hydrogen-bond donors (Lipinski definition) is 0. The summed E-state index contributed by atoms with van der Waals surface area (Å²) in [5.41, 5.74) is -0.194. The van der Waals surface area contributed by atoms with Gasteiger partial charge in [0.25, 0.3) is 0 Å². The van der Waals surface area contributed by atoms with Gasteiger partial charge in [-0.2, -0.15) is 0 Å². The third-order valence-corrected chi connectivity index (χ3v) is 2.84. The van der Waals surface area contributed by atoms with Crippen LogP contribution in [0.15, 0.2) is 11.6 Å². The van der Waals surface area contributed by atoms with Crippen molar-refractivity contribution in [2.75, 3.05) is 0 Å². The summed E-state index contributed by atoms with van der Waals surface area (Å²) in [6.45, 7) is 7.24. The highest BCUT2D eigenvalue weighted by Crippen LogP contribution is 2.37. The first-order valence-corrected chi connectivity index (χ1v) is 4.18. The Morgan fingerprint density at radius 1 is 1.33 bits per heavy atom. The molecule has 1 atom stereocenters. The lowest BCUT2D eigenvalue weighted by molar-refractivity contribution is -0.135. The van der Waals surface area contributed by atoms with Gasteiger partial charge in [0.05, 0.1) is 5.41 Å². The number of hydrogen-bond acceptors (Lipinski definition) is 2. The van der Waals surface area contributed by atoms with Gasteiger partial charge in [-0.05, 0) is 31.4 Å². The summed E-state index contributed by atoms with van der Waals surface area (Å²) in [7, 11) is 0. The second-order valence-corrected chi connectivity index (χ2v) is 3.88. The summed E-state index contributed by atoms with van der Waals surface area (Å²) in [5.74, 6) is 0.0219. The van der Waals surface area contributed by atoms with Crippen molar-refractivity contribution in [2.45, 2.75) is 27.7 Å². The first kappa shape index (κ1) is 9.17. The maximum Gasteiger partial charge on any atom is 0.172 e. The molecule has 0 bridgehead atoms. The molecule has 0 aliphatic heterocycles. The van der Waals surface area contributed by atoms with Crippen molar-refractivity contribution < 1.29 is 9.59 Å². The molecule has 2 heteroatoms. The first-order valence-electron chi connectivity index (χ1n) is 4.18. The zero-order valence-corrected chi connectivity index (χ0v) is 7.97. The summed E-state index contributed by atoms with van der Waals surface area (Å²) < 4.78 is 0. The number of Topliss-reactive ketones (excluding diaryl/α,β-unsaturated/α-hetero) is 1. The molecule has 66 valence electrons. The summed E-state index contributed by atoms with van der Waals surface area (Å²) >= 11 is 0. The highest BCUT2D eigenvalue weighted by atomic mass is 16.2. The van der Waals surface area contributed by atoms with Crippen LogP contribution in [0.25, 0.3) is 0 Å². The first-order chi connectivity index (χ1) is 5.40. The quantitative estimate of drug-likeness (QED) is 0.556. The van der Waals surface area contributed by atoms with Crippen LogP contribution in [-0.4, -0.2) is 11.6 Å². The molecule has 1 aliphatic carbocycles. The van der Waals surface area contributed by atoms with Crippen molar-refractivity contribution in [2.24, 2.45) is 11.3 Å². The molecule has 0 saturated carbocycles.